The fraction of sp³-hybridized carbons (Fsp3) is 0.412. The van der Waals surface area contributed by atoms with Gasteiger partial charge < -0.3 is 13.7 Å². The number of aryl methyl sites for hydroxylation is 2. The Bertz CT molecular complexity index is 898. The Hall–Kier alpha value is -1.99. The first kappa shape index (κ1) is 16.9. The van der Waals surface area contributed by atoms with Crippen LogP contribution in [0.25, 0.3) is 5.65 Å². The normalized spacial score (nSPS) is 12.8. The van der Waals surface area contributed by atoms with Crippen LogP contribution in [0.5, 0.6) is 0 Å². The fourth-order valence-corrected chi connectivity index (χ4v) is 3.97. The van der Waals surface area contributed by atoms with Crippen molar-refractivity contribution < 1.29 is 8.95 Å². The van der Waals surface area contributed by atoms with Crippen molar-refractivity contribution in [2.75, 3.05) is 13.7 Å². The zero-order valence-electron chi connectivity index (χ0n) is 14.4. The van der Waals surface area contributed by atoms with E-state index in [1.165, 1.54) is 0 Å². The van der Waals surface area contributed by atoms with Gasteiger partial charge in [0.2, 0.25) is 0 Å². The lowest BCUT2D eigenvalue weighted by Crippen LogP contribution is -2.12. The number of nitrogens with zero attached hydrogens (tertiary/aromatic N) is 4. The van der Waals surface area contributed by atoms with E-state index in [1.807, 2.05) is 54.3 Å². The Morgan fingerprint density at radius 2 is 2.04 bits per heavy atom. The van der Waals surface area contributed by atoms with Gasteiger partial charge in [0.05, 0.1) is 34.5 Å². The lowest BCUT2D eigenvalue weighted by Gasteiger charge is -2.08. The van der Waals surface area contributed by atoms with Crippen molar-refractivity contribution in [1.82, 2.24) is 18.9 Å². The molecule has 0 aliphatic rings. The predicted octanol–water partition coefficient (Wildman–Crippen LogP) is 2.41. The van der Waals surface area contributed by atoms with Crippen LogP contribution in [0.1, 0.15) is 22.6 Å². The first-order valence-electron chi connectivity index (χ1n) is 7.85. The highest BCUT2D eigenvalue weighted by atomic mass is 32.2. The van der Waals surface area contributed by atoms with Crippen molar-refractivity contribution in [2.45, 2.75) is 38.2 Å². The molecule has 0 aliphatic carbocycles. The molecular weight excluding hydrogens is 324 g/mol. The molecule has 0 saturated carbocycles. The van der Waals surface area contributed by atoms with Gasteiger partial charge in [0.15, 0.2) is 5.16 Å². The van der Waals surface area contributed by atoms with Crippen molar-refractivity contribution in [2.24, 2.45) is 0 Å². The molecular formula is C17H22N4O2S. The van der Waals surface area contributed by atoms with E-state index in [0.717, 1.165) is 28.3 Å². The van der Waals surface area contributed by atoms with Crippen molar-refractivity contribution in [3.8, 4) is 0 Å². The molecule has 0 saturated heterocycles. The lowest BCUT2D eigenvalue weighted by molar-refractivity contribution is 0.184. The van der Waals surface area contributed by atoms with Crippen LogP contribution in [0.4, 0.5) is 0 Å². The lowest BCUT2D eigenvalue weighted by atomic mass is 10.3. The number of pyridine rings is 1. The van der Waals surface area contributed by atoms with E-state index in [4.69, 9.17) is 4.74 Å². The summed E-state index contributed by atoms with van der Waals surface area (Å²) in [6.45, 7) is 7.16. The summed E-state index contributed by atoms with van der Waals surface area (Å²) in [5.41, 5.74) is 4.74. The minimum atomic E-state index is -1.25. The molecule has 3 rings (SSSR count). The summed E-state index contributed by atoms with van der Waals surface area (Å²) in [6, 6.07) is 4.00. The van der Waals surface area contributed by atoms with Gasteiger partial charge in [-0.05, 0) is 32.4 Å². The third kappa shape index (κ3) is 3.14. The average Bonchev–Trinajstić information content (AvgIpc) is 3.08. The Kier molecular flexibility index (Phi) is 4.82. The van der Waals surface area contributed by atoms with Crippen LogP contribution in [0.3, 0.4) is 0 Å². The summed E-state index contributed by atoms with van der Waals surface area (Å²) in [4.78, 5) is 9.11. The molecule has 0 N–H and O–H groups in total. The van der Waals surface area contributed by atoms with E-state index < -0.39 is 10.8 Å². The molecule has 0 aromatic carbocycles. The number of aromatic nitrogens is 4. The van der Waals surface area contributed by atoms with E-state index in [2.05, 4.69) is 9.97 Å². The maximum atomic E-state index is 12.9. The summed E-state index contributed by atoms with van der Waals surface area (Å²) >= 11 is 0. The number of imidazole rings is 2. The van der Waals surface area contributed by atoms with Crippen LogP contribution in [-0.2, 0) is 27.8 Å². The molecule has 3 aromatic rings. The maximum absolute atomic E-state index is 12.9. The van der Waals surface area contributed by atoms with Crippen molar-refractivity contribution in [3.05, 3.63) is 47.2 Å². The van der Waals surface area contributed by atoms with Gasteiger partial charge in [-0.15, -0.1) is 0 Å². The van der Waals surface area contributed by atoms with Gasteiger partial charge in [0.25, 0.3) is 0 Å². The molecule has 0 fully saturated rings. The van der Waals surface area contributed by atoms with Gasteiger partial charge in [-0.3, -0.25) is 4.21 Å². The van der Waals surface area contributed by atoms with Crippen LogP contribution in [-0.4, -0.2) is 36.9 Å². The Morgan fingerprint density at radius 1 is 1.25 bits per heavy atom. The standard InChI is InChI=1S/C17H22N4O2S/c1-12-6-5-7-20-10-15(19-16(12)20)11-24(22)17-18-13(2)14(3)21(17)8-9-23-4/h5-7,10H,8-9,11H2,1-4H3/t24-/m0/s1. The summed E-state index contributed by atoms with van der Waals surface area (Å²) in [7, 11) is 0.410. The molecule has 6 nitrogen and oxygen atoms in total. The highest BCUT2D eigenvalue weighted by Crippen LogP contribution is 2.18. The predicted molar refractivity (Wildman–Crippen MR) is 93.6 cm³/mol. The van der Waals surface area contributed by atoms with Crippen molar-refractivity contribution in [3.63, 3.8) is 0 Å². The number of fused-ring (bicyclic) bond motifs is 1. The van der Waals surface area contributed by atoms with Crippen LogP contribution < -0.4 is 0 Å². The molecule has 1 atom stereocenters. The third-order valence-corrected chi connectivity index (χ3v) is 5.43. The smallest absolute Gasteiger partial charge is 0.199 e. The molecule has 3 aromatic heterocycles. The molecule has 24 heavy (non-hydrogen) atoms. The number of methoxy groups -OCH3 is 1. The van der Waals surface area contributed by atoms with E-state index in [1.54, 1.807) is 7.11 Å². The largest absolute Gasteiger partial charge is 0.383 e. The molecule has 0 radical (unpaired) electrons. The zero-order chi connectivity index (χ0) is 17.3. The van der Waals surface area contributed by atoms with Crippen LogP contribution in [0.2, 0.25) is 0 Å². The Labute approximate surface area is 144 Å². The van der Waals surface area contributed by atoms with E-state index in [-0.39, 0.29) is 0 Å². The molecule has 128 valence electrons. The Morgan fingerprint density at radius 3 is 2.75 bits per heavy atom. The summed E-state index contributed by atoms with van der Waals surface area (Å²) in [5, 5.41) is 0.593. The molecule has 7 heteroatoms. The van der Waals surface area contributed by atoms with Gasteiger partial charge in [-0.1, -0.05) is 6.07 Å². The van der Waals surface area contributed by atoms with Crippen LogP contribution in [0, 0.1) is 20.8 Å². The van der Waals surface area contributed by atoms with Crippen LogP contribution >= 0.6 is 0 Å². The maximum Gasteiger partial charge on any atom is 0.199 e. The second-order valence-electron chi connectivity index (χ2n) is 5.85. The van der Waals surface area contributed by atoms with E-state index in [0.29, 0.717) is 24.1 Å². The van der Waals surface area contributed by atoms with Crippen molar-refractivity contribution in [1.29, 1.82) is 0 Å². The summed E-state index contributed by atoms with van der Waals surface area (Å²) in [5.74, 6) is 0.351. The Balaban J connectivity index is 1.88. The van der Waals surface area contributed by atoms with Gasteiger partial charge in [-0.2, -0.15) is 0 Å². The second kappa shape index (κ2) is 6.86. The van der Waals surface area contributed by atoms with E-state index in [9.17, 15) is 4.21 Å². The fourth-order valence-electron chi connectivity index (χ4n) is 2.72. The quantitative estimate of drug-likeness (QED) is 0.688. The first-order valence-corrected chi connectivity index (χ1v) is 9.17. The number of hydrogen-bond donors (Lipinski definition) is 0. The topological polar surface area (TPSA) is 61.4 Å². The summed E-state index contributed by atoms with van der Waals surface area (Å²) in [6.07, 6.45) is 3.89. The minimum Gasteiger partial charge on any atom is -0.383 e. The molecule has 0 amide bonds. The van der Waals surface area contributed by atoms with Gasteiger partial charge >= 0.3 is 0 Å². The molecule has 3 heterocycles. The number of rotatable bonds is 6. The van der Waals surface area contributed by atoms with Gasteiger partial charge in [0.1, 0.15) is 5.65 Å². The third-order valence-electron chi connectivity index (χ3n) is 4.15. The monoisotopic (exact) mass is 346 g/mol. The number of hydrogen-bond acceptors (Lipinski definition) is 4. The highest BCUT2D eigenvalue weighted by Gasteiger charge is 2.18. The van der Waals surface area contributed by atoms with Crippen LogP contribution in [0.15, 0.2) is 29.7 Å². The molecule has 0 spiro atoms. The average molecular weight is 346 g/mol. The van der Waals surface area contributed by atoms with Crippen molar-refractivity contribution >= 4 is 16.4 Å². The van der Waals surface area contributed by atoms with E-state index >= 15 is 0 Å². The molecule has 0 unspecified atom stereocenters. The first-order chi connectivity index (χ1) is 11.5. The SMILES string of the molecule is COCCn1c([S@@](=O)Cc2cn3cccc(C)c3n2)nc(C)c1C. The van der Waals surface area contributed by atoms with Gasteiger partial charge in [0, 0.05) is 31.7 Å². The molecule has 0 aliphatic heterocycles. The second-order valence-corrected chi connectivity index (χ2v) is 7.20. The molecule has 0 bridgehead atoms. The minimum absolute atomic E-state index is 0.351. The number of ether oxygens (including phenoxy) is 1. The summed E-state index contributed by atoms with van der Waals surface area (Å²) < 4.78 is 22.0. The van der Waals surface area contributed by atoms with Gasteiger partial charge in [-0.25, -0.2) is 9.97 Å². The zero-order valence-corrected chi connectivity index (χ0v) is 15.3. The highest BCUT2D eigenvalue weighted by molar-refractivity contribution is 7.84.